The van der Waals surface area contributed by atoms with Crippen LogP contribution in [0.25, 0.3) is 0 Å². The van der Waals surface area contributed by atoms with Gasteiger partial charge in [0.15, 0.2) is 0 Å². The van der Waals surface area contributed by atoms with Gasteiger partial charge in [0, 0.05) is 19.1 Å². The van der Waals surface area contributed by atoms with Gasteiger partial charge >= 0.3 is 0 Å². The summed E-state index contributed by atoms with van der Waals surface area (Å²) in [6.07, 6.45) is 6.48. The quantitative estimate of drug-likeness (QED) is 0.798. The zero-order valence-corrected chi connectivity index (χ0v) is 11.1. The highest BCUT2D eigenvalue weighted by Crippen LogP contribution is 2.33. The van der Waals surface area contributed by atoms with Gasteiger partial charge < -0.3 is 5.32 Å². The van der Waals surface area contributed by atoms with Crippen molar-refractivity contribution in [1.29, 1.82) is 0 Å². The topological polar surface area (TPSA) is 49.4 Å². The molecule has 5 heteroatoms. The summed E-state index contributed by atoms with van der Waals surface area (Å²) in [5.41, 5.74) is 0. The first kappa shape index (κ1) is 11.9. The van der Waals surface area contributed by atoms with E-state index in [-0.39, 0.29) is 5.25 Å². The highest BCUT2D eigenvalue weighted by atomic mass is 32.2. The van der Waals surface area contributed by atoms with Gasteiger partial charge in [0.25, 0.3) is 0 Å². The van der Waals surface area contributed by atoms with Crippen LogP contribution in [-0.4, -0.2) is 43.6 Å². The fraction of sp³-hybridized carbons (Fsp3) is 1.00. The molecule has 3 rings (SSSR count). The third kappa shape index (κ3) is 2.83. The van der Waals surface area contributed by atoms with E-state index in [2.05, 4.69) is 5.32 Å². The second kappa shape index (κ2) is 4.52. The summed E-state index contributed by atoms with van der Waals surface area (Å²) in [5, 5.41) is 3.51. The van der Waals surface area contributed by atoms with Crippen LogP contribution in [0.3, 0.4) is 0 Å². The second-order valence-electron chi connectivity index (χ2n) is 5.77. The SMILES string of the molecule is O=S(=O)(C1CC1)N1CCC(CNC2CC2)CC1. The van der Waals surface area contributed by atoms with Crippen molar-refractivity contribution in [2.75, 3.05) is 19.6 Å². The molecule has 1 heterocycles. The fourth-order valence-electron chi connectivity index (χ4n) is 2.57. The van der Waals surface area contributed by atoms with Gasteiger partial charge in [-0.05, 0) is 51.0 Å². The van der Waals surface area contributed by atoms with Gasteiger partial charge in [-0.1, -0.05) is 0 Å². The van der Waals surface area contributed by atoms with Crippen LogP contribution in [0, 0.1) is 5.92 Å². The van der Waals surface area contributed by atoms with E-state index < -0.39 is 10.0 Å². The molecule has 17 heavy (non-hydrogen) atoms. The fourth-order valence-corrected chi connectivity index (χ4v) is 4.44. The third-order valence-corrected chi connectivity index (χ3v) is 6.55. The maximum Gasteiger partial charge on any atom is 0.216 e. The molecule has 2 aliphatic carbocycles. The van der Waals surface area contributed by atoms with Gasteiger partial charge in [-0.3, -0.25) is 0 Å². The zero-order chi connectivity index (χ0) is 11.9. The highest BCUT2D eigenvalue weighted by Gasteiger charge is 2.41. The van der Waals surface area contributed by atoms with E-state index in [0.29, 0.717) is 5.92 Å². The lowest BCUT2D eigenvalue weighted by Crippen LogP contribution is -2.42. The van der Waals surface area contributed by atoms with Crippen molar-refractivity contribution >= 4 is 10.0 Å². The van der Waals surface area contributed by atoms with Gasteiger partial charge in [-0.15, -0.1) is 0 Å². The molecule has 0 aromatic carbocycles. The Kier molecular flexibility index (Phi) is 3.17. The predicted octanol–water partition coefficient (Wildman–Crippen LogP) is 0.943. The molecule has 3 fully saturated rings. The number of piperidine rings is 1. The lowest BCUT2D eigenvalue weighted by Gasteiger charge is -2.31. The van der Waals surface area contributed by atoms with E-state index in [1.54, 1.807) is 4.31 Å². The average Bonchev–Trinajstić information content (AvgIpc) is 3.19. The highest BCUT2D eigenvalue weighted by molar-refractivity contribution is 7.90. The lowest BCUT2D eigenvalue weighted by molar-refractivity contribution is 0.266. The van der Waals surface area contributed by atoms with Crippen LogP contribution in [0.5, 0.6) is 0 Å². The van der Waals surface area contributed by atoms with Crippen molar-refractivity contribution < 1.29 is 8.42 Å². The minimum Gasteiger partial charge on any atom is -0.314 e. The van der Waals surface area contributed by atoms with Crippen LogP contribution in [0.1, 0.15) is 38.5 Å². The summed E-state index contributed by atoms with van der Waals surface area (Å²) in [4.78, 5) is 0. The molecule has 1 saturated heterocycles. The van der Waals surface area contributed by atoms with Crippen molar-refractivity contribution in [3.05, 3.63) is 0 Å². The molecule has 1 aliphatic heterocycles. The molecular weight excluding hydrogens is 236 g/mol. The molecule has 0 atom stereocenters. The molecule has 0 bridgehead atoms. The number of nitrogens with one attached hydrogen (secondary N) is 1. The van der Waals surface area contributed by atoms with Gasteiger partial charge in [0.1, 0.15) is 0 Å². The van der Waals surface area contributed by atoms with E-state index in [4.69, 9.17) is 0 Å². The van der Waals surface area contributed by atoms with Crippen LogP contribution >= 0.6 is 0 Å². The average molecular weight is 258 g/mol. The van der Waals surface area contributed by atoms with Crippen LogP contribution in [-0.2, 0) is 10.0 Å². The molecule has 0 radical (unpaired) electrons. The van der Waals surface area contributed by atoms with Gasteiger partial charge in [0.05, 0.1) is 5.25 Å². The van der Waals surface area contributed by atoms with Crippen molar-refractivity contribution in [3.63, 3.8) is 0 Å². The van der Waals surface area contributed by atoms with Gasteiger partial charge in [-0.2, -0.15) is 0 Å². The normalized spacial score (nSPS) is 28.5. The second-order valence-corrected chi connectivity index (χ2v) is 7.98. The lowest BCUT2D eigenvalue weighted by atomic mass is 9.98. The van der Waals surface area contributed by atoms with Crippen LogP contribution in [0.15, 0.2) is 0 Å². The van der Waals surface area contributed by atoms with E-state index in [9.17, 15) is 8.42 Å². The molecule has 0 unspecified atom stereocenters. The van der Waals surface area contributed by atoms with Crippen LogP contribution in [0.2, 0.25) is 0 Å². The summed E-state index contributed by atoms with van der Waals surface area (Å²) < 4.78 is 25.8. The number of rotatable bonds is 5. The molecule has 0 spiro atoms. The minimum absolute atomic E-state index is 0.0383. The van der Waals surface area contributed by atoms with Crippen molar-refractivity contribution in [2.24, 2.45) is 5.92 Å². The molecular formula is C12H22N2O2S. The number of hydrogen-bond donors (Lipinski definition) is 1. The largest absolute Gasteiger partial charge is 0.314 e. The molecule has 0 aromatic rings. The maximum absolute atomic E-state index is 12.0. The first-order chi connectivity index (χ1) is 8.16. The van der Waals surface area contributed by atoms with Crippen molar-refractivity contribution in [3.8, 4) is 0 Å². The van der Waals surface area contributed by atoms with E-state index >= 15 is 0 Å². The van der Waals surface area contributed by atoms with Crippen LogP contribution in [0.4, 0.5) is 0 Å². The Hall–Kier alpha value is -0.130. The monoisotopic (exact) mass is 258 g/mol. The summed E-state index contributed by atoms with van der Waals surface area (Å²) in [5.74, 6) is 0.682. The summed E-state index contributed by atoms with van der Waals surface area (Å²) in [7, 11) is -2.92. The minimum atomic E-state index is -2.92. The predicted molar refractivity (Wildman–Crippen MR) is 67.3 cm³/mol. The van der Waals surface area contributed by atoms with Gasteiger partial charge in [0.2, 0.25) is 10.0 Å². The first-order valence-electron chi connectivity index (χ1n) is 6.88. The Morgan fingerprint density at radius 1 is 1.00 bits per heavy atom. The molecule has 4 nitrogen and oxygen atoms in total. The molecule has 0 aromatic heterocycles. The Balaban J connectivity index is 1.46. The Bertz CT molecular complexity index is 366. The van der Waals surface area contributed by atoms with Crippen molar-refractivity contribution in [1.82, 2.24) is 9.62 Å². The van der Waals surface area contributed by atoms with E-state index in [1.165, 1.54) is 12.8 Å². The van der Waals surface area contributed by atoms with Crippen LogP contribution < -0.4 is 5.32 Å². The smallest absolute Gasteiger partial charge is 0.216 e. The molecule has 98 valence electrons. The number of nitrogens with zero attached hydrogens (tertiary/aromatic N) is 1. The zero-order valence-electron chi connectivity index (χ0n) is 10.3. The summed E-state index contributed by atoms with van der Waals surface area (Å²) in [6, 6.07) is 0.767. The molecule has 3 aliphatic rings. The van der Waals surface area contributed by atoms with E-state index in [1.807, 2.05) is 0 Å². The summed E-state index contributed by atoms with van der Waals surface area (Å²) in [6.45, 7) is 2.58. The number of sulfonamides is 1. The molecule has 2 saturated carbocycles. The maximum atomic E-state index is 12.0. The molecule has 1 N–H and O–H groups in total. The molecule has 0 amide bonds. The number of hydrogen-bond acceptors (Lipinski definition) is 3. The Labute approximate surface area is 104 Å². The third-order valence-electron chi connectivity index (χ3n) is 4.15. The van der Waals surface area contributed by atoms with Crippen molar-refractivity contribution in [2.45, 2.75) is 49.8 Å². The first-order valence-corrected chi connectivity index (χ1v) is 8.39. The summed E-state index contributed by atoms with van der Waals surface area (Å²) >= 11 is 0. The van der Waals surface area contributed by atoms with E-state index in [0.717, 1.165) is 51.4 Å². The Morgan fingerprint density at radius 2 is 1.65 bits per heavy atom. The Morgan fingerprint density at radius 3 is 2.18 bits per heavy atom. The standard InChI is InChI=1S/C12H22N2O2S/c15-17(16,12-3-4-12)14-7-5-10(6-8-14)9-13-11-1-2-11/h10-13H,1-9H2. The van der Waals surface area contributed by atoms with Gasteiger partial charge in [-0.25, -0.2) is 12.7 Å².